The summed E-state index contributed by atoms with van der Waals surface area (Å²) in [6.45, 7) is 9.85. The fraction of sp³-hybridized carbons (Fsp3) is 0.632. The summed E-state index contributed by atoms with van der Waals surface area (Å²) in [6, 6.07) is 3.74. The van der Waals surface area contributed by atoms with Gasteiger partial charge < -0.3 is 23.5 Å². The first-order chi connectivity index (χ1) is 12.1. The van der Waals surface area contributed by atoms with Crippen LogP contribution in [-0.2, 0) is 25.3 Å². The summed E-state index contributed by atoms with van der Waals surface area (Å²) in [6.07, 6.45) is 0.479. The van der Waals surface area contributed by atoms with E-state index in [4.69, 9.17) is 23.5 Å². The first kappa shape index (κ1) is 20.6. The molecule has 0 unspecified atom stereocenters. The molecule has 7 heteroatoms. The number of rotatable bonds is 6. The monoisotopic (exact) mass is 364 g/mol. The van der Waals surface area contributed by atoms with Crippen molar-refractivity contribution < 1.29 is 28.3 Å². The van der Waals surface area contributed by atoms with Gasteiger partial charge in [-0.25, -0.2) is 0 Å². The van der Waals surface area contributed by atoms with E-state index in [9.17, 15) is 4.79 Å². The fourth-order valence-electron chi connectivity index (χ4n) is 2.92. The smallest absolute Gasteiger partial charge is 0.493 e. The van der Waals surface area contributed by atoms with Crippen LogP contribution in [0.25, 0.3) is 0 Å². The van der Waals surface area contributed by atoms with Crippen LogP contribution in [0.2, 0.25) is 0 Å². The molecule has 0 N–H and O–H groups in total. The van der Waals surface area contributed by atoms with Gasteiger partial charge in [-0.3, -0.25) is 4.79 Å². The van der Waals surface area contributed by atoms with Gasteiger partial charge in [0.2, 0.25) is 0 Å². The second-order valence-corrected chi connectivity index (χ2v) is 7.62. The summed E-state index contributed by atoms with van der Waals surface area (Å²) in [4.78, 5) is 11.9. The third-order valence-corrected chi connectivity index (χ3v) is 5.28. The first-order valence-electron chi connectivity index (χ1n) is 8.74. The van der Waals surface area contributed by atoms with E-state index in [1.165, 1.54) is 7.11 Å². The maximum absolute atomic E-state index is 11.9. The number of hydrogen-bond acceptors (Lipinski definition) is 6. The highest BCUT2D eigenvalue weighted by molar-refractivity contribution is 6.62. The summed E-state index contributed by atoms with van der Waals surface area (Å²) in [5.74, 6) is 0.616. The topological polar surface area (TPSA) is 63.2 Å². The van der Waals surface area contributed by atoms with E-state index in [2.05, 4.69) is 0 Å². The van der Waals surface area contributed by atoms with Crippen LogP contribution in [-0.4, -0.2) is 45.6 Å². The fourth-order valence-corrected chi connectivity index (χ4v) is 2.92. The third kappa shape index (κ3) is 3.83. The van der Waals surface area contributed by atoms with E-state index < -0.39 is 18.3 Å². The average molecular weight is 364 g/mol. The molecule has 0 saturated carbocycles. The average Bonchev–Trinajstić information content (AvgIpc) is 2.80. The van der Waals surface area contributed by atoms with Crippen LogP contribution in [0, 0.1) is 5.92 Å². The minimum atomic E-state index is -0.556. The normalized spacial score (nSPS) is 19.2. The van der Waals surface area contributed by atoms with Gasteiger partial charge >= 0.3 is 13.1 Å². The number of carbonyl (C=O) groups is 1. The number of esters is 1. The van der Waals surface area contributed by atoms with Crippen molar-refractivity contribution in [1.29, 1.82) is 0 Å². The second kappa shape index (κ2) is 7.49. The van der Waals surface area contributed by atoms with Crippen molar-refractivity contribution in [3.8, 4) is 11.5 Å². The minimum absolute atomic E-state index is 0.264. The van der Waals surface area contributed by atoms with Crippen LogP contribution in [0.1, 0.15) is 40.2 Å². The standard InChI is InChI=1S/C19H29BO6/c1-12(17(21)24-8)9-13-10-15(22-6)16(23-7)11-14(13)20-25-18(2,3)19(4,5)26-20/h10-12H,9H2,1-8H3/t12-/m0/s1. The van der Waals surface area contributed by atoms with Crippen LogP contribution in [0.3, 0.4) is 0 Å². The highest BCUT2D eigenvalue weighted by atomic mass is 16.7. The Labute approximate surface area is 156 Å². The summed E-state index contributed by atoms with van der Waals surface area (Å²) in [7, 11) is 4.00. The minimum Gasteiger partial charge on any atom is -0.493 e. The number of hydrogen-bond donors (Lipinski definition) is 0. The Balaban J connectivity index is 2.47. The Morgan fingerprint density at radius 1 is 1.04 bits per heavy atom. The Morgan fingerprint density at radius 3 is 2.00 bits per heavy atom. The van der Waals surface area contributed by atoms with Crippen LogP contribution < -0.4 is 14.9 Å². The largest absolute Gasteiger partial charge is 0.495 e. The van der Waals surface area contributed by atoms with Gasteiger partial charge in [0.25, 0.3) is 0 Å². The van der Waals surface area contributed by atoms with Gasteiger partial charge in [-0.05, 0) is 57.3 Å². The van der Waals surface area contributed by atoms with E-state index in [-0.39, 0.29) is 11.9 Å². The molecule has 26 heavy (non-hydrogen) atoms. The molecule has 0 aromatic heterocycles. The van der Waals surface area contributed by atoms with Crippen LogP contribution in [0.15, 0.2) is 12.1 Å². The molecule has 0 bridgehead atoms. The van der Waals surface area contributed by atoms with Gasteiger partial charge in [-0.1, -0.05) is 6.92 Å². The molecule has 1 fully saturated rings. The van der Waals surface area contributed by atoms with Crippen molar-refractivity contribution in [2.45, 2.75) is 52.2 Å². The number of methoxy groups -OCH3 is 3. The molecule has 0 aliphatic carbocycles. The third-order valence-electron chi connectivity index (χ3n) is 5.28. The molecular weight excluding hydrogens is 335 g/mol. The Bertz CT molecular complexity index is 654. The predicted octanol–water partition coefficient (Wildman–Crippen LogP) is 2.35. The lowest BCUT2D eigenvalue weighted by atomic mass is 9.74. The molecule has 1 saturated heterocycles. The van der Waals surface area contributed by atoms with Crippen molar-refractivity contribution in [1.82, 2.24) is 0 Å². The molecule has 6 nitrogen and oxygen atoms in total. The molecule has 1 aliphatic heterocycles. The second-order valence-electron chi connectivity index (χ2n) is 7.62. The number of ether oxygens (including phenoxy) is 3. The van der Waals surface area contributed by atoms with E-state index in [1.54, 1.807) is 14.2 Å². The molecule has 0 spiro atoms. The molecule has 2 rings (SSSR count). The lowest BCUT2D eigenvalue weighted by Crippen LogP contribution is -2.41. The summed E-state index contributed by atoms with van der Waals surface area (Å²) in [5, 5.41) is 0. The van der Waals surface area contributed by atoms with Gasteiger partial charge in [-0.2, -0.15) is 0 Å². The SMILES string of the molecule is COC(=O)[C@@H](C)Cc1cc(OC)c(OC)cc1B1OC(C)(C)C(C)(C)O1. The van der Waals surface area contributed by atoms with E-state index in [1.807, 2.05) is 46.8 Å². The lowest BCUT2D eigenvalue weighted by molar-refractivity contribution is -0.144. The molecule has 0 radical (unpaired) electrons. The van der Waals surface area contributed by atoms with Crippen LogP contribution >= 0.6 is 0 Å². The van der Waals surface area contributed by atoms with Crippen molar-refractivity contribution in [2.75, 3.05) is 21.3 Å². The molecule has 1 atom stereocenters. The van der Waals surface area contributed by atoms with Gasteiger partial charge in [0.05, 0.1) is 38.4 Å². The van der Waals surface area contributed by atoms with Crippen molar-refractivity contribution >= 4 is 18.6 Å². The molecule has 0 amide bonds. The molecule has 1 aromatic carbocycles. The first-order valence-corrected chi connectivity index (χ1v) is 8.74. The molecular formula is C19H29BO6. The van der Waals surface area contributed by atoms with Gasteiger partial charge in [0.15, 0.2) is 11.5 Å². The van der Waals surface area contributed by atoms with E-state index in [0.29, 0.717) is 17.9 Å². The van der Waals surface area contributed by atoms with Gasteiger partial charge in [0.1, 0.15) is 0 Å². The zero-order valence-corrected chi connectivity index (χ0v) is 17.0. The maximum Gasteiger partial charge on any atom is 0.495 e. The summed E-state index contributed by atoms with van der Waals surface area (Å²) < 4.78 is 28.1. The van der Waals surface area contributed by atoms with Gasteiger partial charge in [0, 0.05) is 0 Å². The molecule has 1 aromatic rings. The quantitative estimate of drug-likeness (QED) is 0.571. The van der Waals surface area contributed by atoms with E-state index >= 15 is 0 Å². The highest BCUT2D eigenvalue weighted by Crippen LogP contribution is 2.38. The zero-order chi connectivity index (χ0) is 19.7. The van der Waals surface area contributed by atoms with Crippen molar-refractivity contribution in [2.24, 2.45) is 5.92 Å². The predicted molar refractivity (Wildman–Crippen MR) is 100 cm³/mol. The Morgan fingerprint density at radius 2 is 1.54 bits per heavy atom. The Kier molecular flexibility index (Phi) is 5.93. The molecule has 1 aliphatic rings. The number of carbonyl (C=O) groups excluding carboxylic acids is 1. The van der Waals surface area contributed by atoms with Crippen LogP contribution in [0.5, 0.6) is 11.5 Å². The summed E-state index contributed by atoms with van der Waals surface area (Å²) in [5.41, 5.74) is 0.808. The van der Waals surface area contributed by atoms with Crippen LogP contribution in [0.4, 0.5) is 0 Å². The summed E-state index contributed by atoms with van der Waals surface area (Å²) >= 11 is 0. The number of benzene rings is 1. The molecule has 1 heterocycles. The zero-order valence-electron chi connectivity index (χ0n) is 17.0. The van der Waals surface area contributed by atoms with Crippen molar-refractivity contribution in [3.05, 3.63) is 17.7 Å². The van der Waals surface area contributed by atoms with Crippen molar-refractivity contribution in [3.63, 3.8) is 0 Å². The van der Waals surface area contributed by atoms with E-state index in [0.717, 1.165) is 11.0 Å². The maximum atomic E-state index is 11.9. The Hall–Kier alpha value is -1.73. The lowest BCUT2D eigenvalue weighted by Gasteiger charge is -2.32. The van der Waals surface area contributed by atoms with Gasteiger partial charge in [-0.15, -0.1) is 0 Å². The highest BCUT2D eigenvalue weighted by Gasteiger charge is 2.52. The molecule has 144 valence electrons.